The van der Waals surface area contributed by atoms with Crippen molar-refractivity contribution in [3.8, 4) is 0 Å². The van der Waals surface area contributed by atoms with Crippen LogP contribution >= 0.6 is 0 Å². The van der Waals surface area contributed by atoms with Gasteiger partial charge < -0.3 is 15.7 Å². The van der Waals surface area contributed by atoms with Crippen LogP contribution in [-0.4, -0.2) is 36.0 Å². The number of carbonyl (C=O) groups excluding carboxylic acids is 2. The lowest BCUT2D eigenvalue weighted by atomic mass is 10.1. The predicted octanol–water partition coefficient (Wildman–Crippen LogP) is -0.260. The van der Waals surface area contributed by atoms with Crippen LogP contribution in [0.5, 0.6) is 0 Å². The minimum atomic E-state index is -0.875. The zero-order valence-corrected chi connectivity index (χ0v) is 9.58. The van der Waals surface area contributed by atoms with Gasteiger partial charge in [0.25, 0.3) is 0 Å². The lowest BCUT2D eigenvalue weighted by Crippen LogP contribution is -2.32. The number of carboxylic acid groups (broad SMARTS) is 1. The molecule has 1 atom stereocenters. The highest BCUT2D eigenvalue weighted by atomic mass is 16.4. The van der Waals surface area contributed by atoms with Gasteiger partial charge in [-0.05, 0) is 5.92 Å². The third-order valence-corrected chi connectivity index (χ3v) is 1.90. The van der Waals surface area contributed by atoms with Gasteiger partial charge in [0.15, 0.2) is 0 Å². The molecule has 0 aliphatic heterocycles. The molecule has 0 fully saturated rings. The summed E-state index contributed by atoms with van der Waals surface area (Å²) in [5.74, 6) is -1.33. The molecule has 16 heavy (non-hydrogen) atoms. The van der Waals surface area contributed by atoms with Gasteiger partial charge in [-0.3, -0.25) is 14.4 Å². The molecule has 0 aliphatic rings. The molecule has 6 nitrogen and oxygen atoms in total. The van der Waals surface area contributed by atoms with Gasteiger partial charge in [0, 0.05) is 32.9 Å². The topological polar surface area (TPSA) is 95.5 Å². The van der Waals surface area contributed by atoms with Crippen molar-refractivity contribution in [1.82, 2.24) is 10.6 Å². The van der Waals surface area contributed by atoms with Crippen LogP contribution in [0.3, 0.4) is 0 Å². The van der Waals surface area contributed by atoms with Crippen LogP contribution in [0.25, 0.3) is 0 Å². The zero-order valence-electron chi connectivity index (χ0n) is 9.58. The number of amides is 2. The first-order valence-electron chi connectivity index (χ1n) is 5.14. The average molecular weight is 230 g/mol. The van der Waals surface area contributed by atoms with Gasteiger partial charge in [0.05, 0.1) is 0 Å². The van der Waals surface area contributed by atoms with E-state index in [0.717, 1.165) is 0 Å². The van der Waals surface area contributed by atoms with E-state index in [1.807, 2.05) is 0 Å². The lowest BCUT2D eigenvalue weighted by Gasteiger charge is -2.10. The van der Waals surface area contributed by atoms with Gasteiger partial charge in [-0.15, -0.1) is 0 Å². The second kappa shape index (κ2) is 7.67. The van der Waals surface area contributed by atoms with Gasteiger partial charge in [0.1, 0.15) is 0 Å². The molecule has 0 saturated heterocycles. The molecule has 0 heterocycles. The second-order valence-corrected chi connectivity index (χ2v) is 3.74. The van der Waals surface area contributed by atoms with Crippen molar-refractivity contribution in [3.05, 3.63) is 0 Å². The molecule has 0 rings (SSSR count). The van der Waals surface area contributed by atoms with E-state index in [1.54, 1.807) is 6.92 Å². The monoisotopic (exact) mass is 230 g/mol. The summed E-state index contributed by atoms with van der Waals surface area (Å²) in [7, 11) is 0. The SMILES string of the molecule is CC(=O)NCCC(=O)NCC(C)CC(=O)O. The van der Waals surface area contributed by atoms with Crippen LogP contribution < -0.4 is 10.6 Å². The summed E-state index contributed by atoms with van der Waals surface area (Å²) in [4.78, 5) is 32.1. The fourth-order valence-electron chi connectivity index (χ4n) is 1.10. The third kappa shape index (κ3) is 8.98. The molecular weight excluding hydrogens is 212 g/mol. The zero-order chi connectivity index (χ0) is 12.6. The molecule has 0 aromatic heterocycles. The Kier molecular flexibility index (Phi) is 6.91. The number of carbonyl (C=O) groups is 3. The van der Waals surface area contributed by atoms with Crippen LogP contribution in [0.4, 0.5) is 0 Å². The highest BCUT2D eigenvalue weighted by molar-refractivity contribution is 5.77. The smallest absolute Gasteiger partial charge is 0.303 e. The third-order valence-electron chi connectivity index (χ3n) is 1.90. The number of nitrogens with one attached hydrogen (secondary N) is 2. The summed E-state index contributed by atoms with van der Waals surface area (Å²) < 4.78 is 0. The molecule has 2 amide bonds. The van der Waals surface area contributed by atoms with Crippen molar-refractivity contribution in [2.75, 3.05) is 13.1 Å². The standard InChI is InChI=1S/C10H18N2O4/c1-7(5-10(15)16)6-12-9(14)3-4-11-8(2)13/h7H,3-6H2,1-2H3,(H,11,13)(H,12,14)(H,15,16). The summed E-state index contributed by atoms with van der Waals surface area (Å²) in [6, 6.07) is 0. The number of rotatable bonds is 7. The molecule has 0 aromatic carbocycles. The fraction of sp³-hybridized carbons (Fsp3) is 0.700. The number of hydrogen-bond donors (Lipinski definition) is 3. The summed E-state index contributed by atoms with van der Waals surface area (Å²) in [6.45, 7) is 3.77. The van der Waals surface area contributed by atoms with Crippen LogP contribution in [0, 0.1) is 5.92 Å². The van der Waals surface area contributed by atoms with Gasteiger partial charge in [-0.25, -0.2) is 0 Å². The van der Waals surface area contributed by atoms with Crippen molar-refractivity contribution in [2.24, 2.45) is 5.92 Å². The molecule has 0 saturated carbocycles. The van der Waals surface area contributed by atoms with Crippen LogP contribution in [0.2, 0.25) is 0 Å². The Hall–Kier alpha value is -1.59. The van der Waals surface area contributed by atoms with E-state index in [4.69, 9.17) is 5.11 Å². The molecule has 92 valence electrons. The van der Waals surface area contributed by atoms with Crippen molar-refractivity contribution in [1.29, 1.82) is 0 Å². The number of carboxylic acids is 1. The van der Waals surface area contributed by atoms with Gasteiger partial charge in [-0.1, -0.05) is 6.92 Å². The first-order chi connectivity index (χ1) is 7.41. The largest absolute Gasteiger partial charge is 0.481 e. The fourth-order valence-corrected chi connectivity index (χ4v) is 1.10. The first kappa shape index (κ1) is 14.4. The summed E-state index contributed by atoms with van der Waals surface area (Å²) >= 11 is 0. The molecule has 0 aliphatic carbocycles. The lowest BCUT2D eigenvalue weighted by molar-refractivity contribution is -0.138. The van der Waals surface area contributed by atoms with E-state index in [9.17, 15) is 14.4 Å². The minimum absolute atomic E-state index is 0.0337. The summed E-state index contributed by atoms with van der Waals surface area (Å²) in [5.41, 5.74) is 0. The van der Waals surface area contributed by atoms with Crippen molar-refractivity contribution >= 4 is 17.8 Å². The molecule has 6 heteroatoms. The van der Waals surface area contributed by atoms with Crippen molar-refractivity contribution < 1.29 is 19.5 Å². The maximum absolute atomic E-state index is 11.2. The van der Waals surface area contributed by atoms with E-state index >= 15 is 0 Å². The Morgan fingerprint density at radius 2 is 1.88 bits per heavy atom. The number of hydrogen-bond acceptors (Lipinski definition) is 3. The Labute approximate surface area is 94.4 Å². The minimum Gasteiger partial charge on any atom is -0.481 e. The Morgan fingerprint density at radius 1 is 1.25 bits per heavy atom. The Balaban J connectivity index is 3.57. The number of aliphatic carboxylic acids is 1. The van der Waals surface area contributed by atoms with Gasteiger partial charge >= 0.3 is 5.97 Å². The van der Waals surface area contributed by atoms with Gasteiger partial charge in [-0.2, -0.15) is 0 Å². The summed E-state index contributed by atoms with van der Waals surface area (Å²) in [5, 5.41) is 13.6. The maximum atomic E-state index is 11.2. The maximum Gasteiger partial charge on any atom is 0.303 e. The van der Waals surface area contributed by atoms with Crippen LogP contribution in [-0.2, 0) is 14.4 Å². The van der Waals surface area contributed by atoms with Crippen LogP contribution in [0.15, 0.2) is 0 Å². The molecule has 1 unspecified atom stereocenters. The second-order valence-electron chi connectivity index (χ2n) is 3.74. The van der Waals surface area contributed by atoms with E-state index in [-0.39, 0.29) is 30.6 Å². The molecule has 0 aromatic rings. The van der Waals surface area contributed by atoms with E-state index < -0.39 is 5.97 Å². The molecular formula is C10H18N2O4. The van der Waals surface area contributed by atoms with Crippen molar-refractivity contribution in [3.63, 3.8) is 0 Å². The predicted molar refractivity (Wildman–Crippen MR) is 57.7 cm³/mol. The van der Waals surface area contributed by atoms with Gasteiger partial charge in [0.2, 0.25) is 11.8 Å². The van der Waals surface area contributed by atoms with E-state index in [0.29, 0.717) is 13.1 Å². The Bertz CT molecular complexity index is 266. The molecule has 0 bridgehead atoms. The first-order valence-corrected chi connectivity index (χ1v) is 5.14. The average Bonchev–Trinajstić information content (AvgIpc) is 2.13. The normalized spacial score (nSPS) is 11.6. The quantitative estimate of drug-likeness (QED) is 0.561. The molecule has 3 N–H and O–H groups in total. The van der Waals surface area contributed by atoms with Crippen LogP contribution in [0.1, 0.15) is 26.7 Å². The molecule has 0 radical (unpaired) electrons. The Morgan fingerprint density at radius 3 is 2.38 bits per heavy atom. The molecule has 0 spiro atoms. The van der Waals surface area contributed by atoms with E-state index in [2.05, 4.69) is 10.6 Å². The highest BCUT2D eigenvalue weighted by Crippen LogP contribution is 1.99. The van der Waals surface area contributed by atoms with Crippen molar-refractivity contribution in [2.45, 2.75) is 26.7 Å². The highest BCUT2D eigenvalue weighted by Gasteiger charge is 2.09. The summed E-state index contributed by atoms with van der Waals surface area (Å²) in [6.07, 6.45) is 0.241. The van der Waals surface area contributed by atoms with E-state index in [1.165, 1.54) is 6.92 Å².